The summed E-state index contributed by atoms with van der Waals surface area (Å²) < 4.78 is 0.295. The Balaban J connectivity index is 0.00000264. The van der Waals surface area contributed by atoms with Crippen molar-refractivity contribution in [2.24, 2.45) is 4.99 Å². The quantitative estimate of drug-likeness (QED) is 0.437. The first kappa shape index (κ1) is 20.4. The van der Waals surface area contributed by atoms with Crippen LogP contribution in [0.25, 0.3) is 0 Å². The van der Waals surface area contributed by atoms with E-state index in [0.29, 0.717) is 4.75 Å². The predicted octanol–water partition coefficient (Wildman–Crippen LogP) is 3.27. The largest absolute Gasteiger partial charge is 0.378 e. The van der Waals surface area contributed by atoms with Gasteiger partial charge >= 0.3 is 0 Å². The fraction of sp³-hybridized carbons (Fsp3) is 0.588. The topological polar surface area (TPSA) is 30.9 Å². The Hall–Kier alpha value is -0.630. The fourth-order valence-corrected chi connectivity index (χ4v) is 3.73. The summed E-state index contributed by atoms with van der Waals surface area (Å²) in [5, 5.41) is 3.49. The van der Waals surface area contributed by atoms with Gasteiger partial charge in [-0.25, -0.2) is 0 Å². The van der Waals surface area contributed by atoms with Crippen LogP contribution in [0.5, 0.6) is 0 Å². The van der Waals surface area contributed by atoms with Crippen molar-refractivity contribution in [1.29, 1.82) is 0 Å². The summed E-state index contributed by atoms with van der Waals surface area (Å²) in [5.74, 6) is 2.16. The highest BCUT2D eigenvalue weighted by atomic mass is 127. The number of rotatable bonds is 3. The highest BCUT2D eigenvalue weighted by Gasteiger charge is 2.28. The zero-order valence-electron chi connectivity index (χ0n) is 14.8. The summed E-state index contributed by atoms with van der Waals surface area (Å²) in [5.41, 5.74) is 2.50. The Morgan fingerprint density at radius 3 is 2.48 bits per heavy atom. The minimum Gasteiger partial charge on any atom is -0.378 e. The van der Waals surface area contributed by atoms with Crippen LogP contribution in [0.1, 0.15) is 19.4 Å². The number of thioether (sulfide) groups is 1. The summed E-state index contributed by atoms with van der Waals surface area (Å²) in [6, 6.07) is 8.65. The van der Waals surface area contributed by atoms with Gasteiger partial charge in [-0.2, -0.15) is 11.8 Å². The monoisotopic (exact) mass is 448 g/mol. The molecule has 1 aromatic carbocycles. The predicted molar refractivity (Wildman–Crippen MR) is 114 cm³/mol. The van der Waals surface area contributed by atoms with E-state index < -0.39 is 0 Å². The van der Waals surface area contributed by atoms with Crippen molar-refractivity contribution in [2.45, 2.75) is 25.1 Å². The first-order valence-electron chi connectivity index (χ1n) is 7.77. The van der Waals surface area contributed by atoms with Crippen molar-refractivity contribution in [1.82, 2.24) is 10.2 Å². The molecule has 0 aromatic heterocycles. The van der Waals surface area contributed by atoms with E-state index in [1.54, 1.807) is 0 Å². The van der Waals surface area contributed by atoms with Crippen LogP contribution in [0.4, 0.5) is 5.69 Å². The van der Waals surface area contributed by atoms with Gasteiger partial charge in [-0.1, -0.05) is 12.1 Å². The standard InChI is InChI=1S/C17H28N4S.HI/c1-17(2)13-21(10-11-22-17)16(18-3)19-12-14-6-8-15(9-7-14)20(4)5;/h6-9H,10-13H2,1-5H3,(H,18,19);1H. The maximum atomic E-state index is 4.45. The maximum absolute atomic E-state index is 4.45. The van der Waals surface area contributed by atoms with E-state index in [1.807, 2.05) is 18.8 Å². The van der Waals surface area contributed by atoms with Gasteiger partial charge in [-0.15, -0.1) is 24.0 Å². The SMILES string of the molecule is CN=C(NCc1ccc(N(C)C)cc1)N1CCSC(C)(C)C1.I. The van der Waals surface area contributed by atoms with E-state index in [2.05, 4.69) is 72.3 Å². The number of benzene rings is 1. The molecule has 23 heavy (non-hydrogen) atoms. The molecule has 1 saturated heterocycles. The molecule has 1 aliphatic rings. The molecule has 0 amide bonds. The Morgan fingerprint density at radius 1 is 1.30 bits per heavy atom. The summed E-state index contributed by atoms with van der Waals surface area (Å²) in [4.78, 5) is 8.93. The second-order valence-corrected chi connectivity index (χ2v) is 8.29. The molecular formula is C17H29IN4S. The average molecular weight is 448 g/mol. The van der Waals surface area contributed by atoms with Crippen LogP contribution in [-0.2, 0) is 6.54 Å². The molecule has 1 N–H and O–H groups in total. The van der Waals surface area contributed by atoms with E-state index in [0.717, 1.165) is 31.3 Å². The van der Waals surface area contributed by atoms with Crippen LogP contribution in [-0.4, -0.2) is 55.6 Å². The van der Waals surface area contributed by atoms with E-state index in [4.69, 9.17) is 0 Å². The lowest BCUT2D eigenvalue weighted by Gasteiger charge is -2.39. The number of anilines is 1. The second kappa shape index (κ2) is 9.01. The lowest BCUT2D eigenvalue weighted by Crippen LogP contribution is -2.50. The third-order valence-electron chi connectivity index (χ3n) is 3.84. The van der Waals surface area contributed by atoms with Gasteiger partial charge in [-0.3, -0.25) is 4.99 Å². The molecule has 0 bridgehead atoms. The first-order valence-corrected chi connectivity index (χ1v) is 8.76. The normalized spacial score (nSPS) is 17.4. The second-order valence-electron chi connectivity index (χ2n) is 6.49. The number of nitrogens with one attached hydrogen (secondary N) is 1. The van der Waals surface area contributed by atoms with E-state index in [9.17, 15) is 0 Å². The number of guanidine groups is 1. The molecule has 2 rings (SSSR count). The Morgan fingerprint density at radius 2 is 1.96 bits per heavy atom. The maximum Gasteiger partial charge on any atom is 0.193 e. The van der Waals surface area contributed by atoms with E-state index >= 15 is 0 Å². The van der Waals surface area contributed by atoms with Crippen LogP contribution in [0.15, 0.2) is 29.3 Å². The van der Waals surface area contributed by atoms with Gasteiger partial charge in [0.25, 0.3) is 0 Å². The molecule has 0 radical (unpaired) electrons. The van der Waals surface area contributed by atoms with Gasteiger partial charge < -0.3 is 15.1 Å². The summed E-state index contributed by atoms with van der Waals surface area (Å²) in [6.45, 7) is 7.52. The van der Waals surface area contributed by atoms with Crippen LogP contribution >= 0.6 is 35.7 Å². The Kier molecular flexibility index (Phi) is 8.00. The first-order chi connectivity index (χ1) is 10.4. The number of halogens is 1. The van der Waals surface area contributed by atoms with Crippen molar-refractivity contribution < 1.29 is 0 Å². The van der Waals surface area contributed by atoms with Crippen molar-refractivity contribution in [2.75, 3.05) is 44.9 Å². The molecule has 0 unspecified atom stereocenters. The number of nitrogens with zero attached hydrogens (tertiary/aromatic N) is 3. The summed E-state index contributed by atoms with van der Waals surface area (Å²) >= 11 is 2.04. The van der Waals surface area contributed by atoms with Crippen LogP contribution < -0.4 is 10.2 Å². The van der Waals surface area contributed by atoms with Crippen LogP contribution in [0.3, 0.4) is 0 Å². The summed E-state index contributed by atoms with van der Waals surface area (Å²) in [6.07, 6.45) is 0. The van der Waals surface area contributed by atoms with E-state index in [-0.39, 0.29) is 24.0 Å². The molecule has 0 atom stereocenters. The molecule has 0 aliphatic carbocycles. The van der Waals surface area contributed by atoms with Gasteiger partial charge in [-0.05, 0) is 31.5 Å². The average Bonchev–Trinajstić information content (AvgIpc) is 2.47. The highest BCUT2D eigenvalue weighted by molar-refractivity contribution is 14.0. The molecule has 1 fully saturated rings. The lowest BCUT2D eigenvalue weighted by molar-refractivity contribution is 0.376. The molecule has 6 heteroatoms. The number of hydrogen-bond acceptors (Lipinski definition) is 3. The number of aliphatic imine (C=N–C) groups is 1. The van der Waals surface area contributed by atoms with Gasteiger partial charge in [0.05, 0.1) is 0 Å². The van der Waals surface area contributed by atoms with Crippen molar-refractivity contribution in [3.63, 3.8) is 0 Å². The zero-order valence-corrected chi connectivity index (χ0v) is 17.9. The lowest BCUT2D eigenvalue weighted by atomic mass is 10.2. The minimum atomic E-state index is 0. The summed E-state index contributed by atoms with van der Waals surface area (Å²) in [7, 11) is 5.99. The van der Waals surface area contributed by atoms with Gasteiger partial charge in [0.1, 0.15) is 0 Å². The fourth-order valence-electron chi connectivity index (χ4n) is 2.62. The molecule has 1 heterocycles. The molecule has 0 saturated carbocycles. The van der Waals surface area contributed by atoms with Crippen molar-refractivity contribution in [3.05, 3.63) is 29.8 Å². The van der Waals surface area contributed by atoms with Crippen LogP contribution in [0, 0.1) is 0 Å². The zero-order chi connectivity index (χ0) is 16.2. The van der Waals surface area contributed by atoms with Gasteiger partial charge in [0.15, 0.2) is 5.96 Å². The van der Waals surface area contributed by atoms with Crippen molar-refractivity contribution >= 4 is 47.4 Å². The molecule has 1 aromatic rings. The molecule has 0 spiro atoms. The van der Waals surface area contributed by atoms with Gasteiger partial charge in [0.2, 0.25) is 0 Å². The third-order valence-corrected chi connectivity index (χ3v) is 5.14. The molecular weight excluding hydrogens is 419 g/mol. The number of hydrogen-bond donors (Lipinski definition) is 1. The molecule has 130 valence electrons. The highest BCUT2D eigenvalue weighted by Crippen LogP contribution is 2.29. The minimum absolute atomic E-state index is 0. The smallest absolute Gasteiger partial charge is 0.193 e. The molecule has 4 nitrogen and oxygen atoms in total. The van der Waals surface area contributed by atoms with Gasteiger partial charge in [0, 0.05) is 57.0 Å². The van der Waals surface area contributed by atoms with E-state index in [1.165, 1.54) is 11.3 Å². The Bertz CT molecular complexity index is 514. The van der Waals surface area contributed by atoms with Crippen molar-refractivity contribution in [3.8, 4) is 0 Å². The van der Waals surface area contributed by atoms with Crippen LogP contribution in [0.2, 0.25) is 0 Å². The molecule has 1 aliphatic heterocycles. The third kappa shape index (κ3) is 6.06. The Labute approximate surface area is 162 Å².